The number of rotatable bonds is 10. The van der Waals surface area contributed by atoms with Gasteiger partial charge in [0.05, 0.1) is 6.26 Å². The molecule has 0 saturated carbocycles. The van der Waals surface area contributed by atoms with Gasteiger partial charge < -0.3 is 9.73 Å². The van der Waals surface area contributed by atoms with Gasteiger partial charge in [-0.3, -0.25) is 0 Å². The van der Waals surface area contributed by atoms with Crippen molar-refractivity contribution in [2.75, 3.05) is 26.7 Å². The predicted octanol–water partition coefficient (Wildman–Crippen LogP) is 0.976. The van der Waals surface area contributed by atoms with Crippen molar-refractivity contribution in [3.63, 3.8) is 0 Å². The van der Waals surface area contributed by atoms with Gasteiger partial charge in [-0.15, -0.1) is 0 Å². The molecule has 116 valence electrons. The highest BCUT2D eigenvalue weighted by Gasteiger charge is 2.20. The summed E-state index contributed by atoms with van der Waals surface area (Å²) in [5.41, 5.74) is 0. The quantitative estimate of drug-likeness (QED) is 0.632. The topological polar surface area (TPSA) is 74.6 Å². The third-order valence-electron chi connectivity index (χ3n) is 2.92. The fourth-order valence-electron chi connectivity index (χ4n) is 1.84. The van der Waals surface area contributed by atoms with E-state index in [2.05, 4.69) is 10.0 Å². The van der Waals surface area contributed by atoms with E-state index in [1.165, 1.54) is 4.31 Å². The van der Waals surface area contributed by atoms with Gasteiger partial charge in [-0.05, 0) is 38.6 Å². The van der Waals surface area contributed by atoms with Crippen LogP contribution in [0.5, 0.6) is 0 Å². The van der Waals surface area contributed by atoms with Gasteiger partial charge >= 0.3 is 0 Å². The van der Waals surface area contributed by atoms with E-state index in [1.807, 2.05) is 19.9 Å². The maximum absolute atomic E-state index is 12.1. The molecule has 1 atom stereocenters. The minimum absolute atomic E-state index is 0.206. The largest absolute Gasteiger partial charge is 0.469 e. The molecule has 7 heteroatoms. The Bertz CT molecular complexity index is 459. The van der Waals surface area contributed by atoms with Gasteiger partial charge in [0.2, 0.25) is 0 Å². The van der Waals surface area contributed by atoms with Crippen LogP contribution in [0.15, 0.2) is 22.8 Å². The van der Waals surface area contributed by atoms with Crippen LogP contribution < -0.4 is 10.0 Å². The Balaban J connectivity index is 2.39. The molecule has 0 aromatic carbocycles. The van der Waals surface area contributed by atoms with E-state index in [0.29, 0.717) is 13.0 Å². The van der Waals surface area contributed by atoms with Crippen LogP contribution in [-0.2, 0) is 16.6 Å². The van der Waals surface area contributed by atoms with Gasteiger partial charge in [-0.2, -0.15) is 17.4 Å². The number of furan rings is 1. The maximum Gasteiger partial charge on any atom is 0.279 e. The Morgan fingerprint density at radius 3 is 2.80 bits per heavy atom. The Kier molecular flexibility index (Phi) is 7.22. The summed E-state index contributed by atoms with van der Waals surface area (Å²) < 4.78 is 33.4. The third-order valence-corrected chi connectivity index (χ3v) is 4.63. The summed E-state index contributed by atoms with van der Waals surface area (Å²) in [4.78, 5) is 0. The summed E-state index contributed by atoms with van der Waals surface area (Å²) in [6.07, 6.45) is 2.92. The first-order valence-corrected chi connectivity index (χ1v) is 8.36. The fourth-order valence-corrected chi connectivity index (χ4v) is 2.98. The zero-order valence-corrected chi connectivity index (χ0v) is 13.2. The highest BCUT2D eigenvalue weighted by atomic mass is 32.2. The average molecular weight is 303 g/mol. The minimum Gasteiger partial charge on any atom is -0.469 e. The van der Waals surface area contributed by atoms with Gasteiger partial charge in [0.15, 0.2) is 0 Å². The molecule has 6 nitrogen and oxygen atoms in total. The van der Waals surface area contributed by atoms with Crippen LogP contribution in [0.25, 0.3) is 0 Å². The number of hydrogen-bond donors (Lipinski definition) is 2. The van der Waals surface area contributed by atoms with Gasteiger partial charge in [0.1, 0.15) is 5.76 Å². The molecule has 1 rings (SSSR count). The van der Waals surface area contributed by atoms with Crippen LogP contribution in [0.1, 0.15) is 26.0 Å². The second-order valence-corrected chi connectivity index (χ2v) is 6.65. The normalized spacial score (nSPS) is 13.8. The molecule has 0 fully saturated rings. The minimum atomic E-state index is -3.44. The van der Waals surface area contributed by atoms with Crippen molar-refractivity contribution in [2.45, 2.75) is 32.7 Å². The Morgan fingerprint density at radius 2 is 2.20 bits per heavy atom. The first kappa shape index (κ1) is 17.2. The van der Waals surface area contributed by atoms with E-state index < -0.39 is 10.2 Å². The van der Waals surface area contributed by atoms with E-state index in [1.54, 1.807) is 19.4 Å². The summed E-state index contributed by atoms with van der Waals surface area (Å²) in [6, 6.07) is 3.43. The summed E-state index contributed by atoms with van der Waals surface area (Å²) in [6.45, 7) is 6.06. The summed E-state index contributed by atoms with van der Waals surface area (Å²) in [5, 5.41) is 3.17. The SMILES string of the molecule is CCNCCCN(C)S(=O)(=O)NC(C)Cc1ccco1. The van der Waals surface area contributed by atoms with Crippen LogP contribution in [-0.4, -0.2) is 45.4 Å². The molecule has 0 spiro atoms. The summed E-state index contributed by atoms with van der Waals surface area (Å²) in [5.74, 6) is 0.773. The molecule has 1 unspecified atom stereocenters. The van der Waals surface area contributed by atoms with Crippen molar-refractivity contribution < 1.29 is 12.8 Å². The van der Waals surface area contributed by atoms with Crippen molar-refractivity contribution in [2.24, 2.45) is 0 Å². The van der Waals surface area contributed by atoms with Gasteiger partial charge in [0, 0.05) is 26.1 Å². The van der Waals surface area contributed by atoms with E-state index in [4.69, 9.17) is 4.42 Å². The van der Waals surface area contributed by atoms with Crippen LogP contribution in [0.2, 0.25) is 0 Å². The first-order valence-electron chi connectivity index (χ1n) is 6.92. The lowest BCUT2D eigenvalue weighted by Gasteiger charge is -2.20. The second kappa shape index (κ2) is 8.41. The van der Waals surface area contributed by atoms with Gasteiger partial charge in [-0.1, -0.05) is 6.92 Å². The molecule has 1 aromatic heterocycles. The lowest BCUT2D eigenvalue weighted by atomic mass is 10.2. The van der Waals surface area contributed by atoms with E-state index in [0.717, 1.165) is 25.3 Å². The molecule has 0 saturated heterocycles. The summed E-state index contributed by atoms with van der Waals surface area (Å²) >= 11 is 0. The summed E-state index contributed by atoms with van der Waals surface area (Å²) in [7, 11) is -1.84. The average Bonchev–Trinajstić information content (AvgIpc) is 2.86. The zero-order chi connectivity index (χ0) is 15.0. The van der Waals surface area contributed by atoms with Gasteiger partial charge in [-0.25, -0.2) is 0 Å². The standard InChI is InChI=1S/C13H25N3O3S/c1-4-14-8-6-9-16(3)20(17,18)15-12(2)11-13-7-5-10-19-13/h5,7,10,12,14-15H,4,6,8-9,11H2,1-3H3. The molecule has 0 amide bonds. The first-order chi connectivity index (χ1) is 9.45. The second-order valence-electron chi connectivity index (χ2n) is 4.84. The van der Waals surface area contributed by atoms with Crippen LogP contribution in [0.4, 0.5) is 0 Å². The van der Waals surface area contributed by atoms with Crippen molar-refractivity contribution >= 4 is 10.2 Å². The Labute approximate surface area is 121 Å². The smallest absolute Gasteiger partial charge is 0.279 e. The van der Waals surface area contributed by atoms with Gasteiger partial charge in [0.25, 0.3) is 10.2 Å². The van der Waals surface area contributed by atoms with E-state index in [9.17, 15) is 8.42 Å². The predicted molar refractivity (Wildman–Crippen MR) is 79.7 cm³/mol. The molecule has 1 heterocycles. The van der Waals surface area contributed by atoms with Crippen molar-refractivity contribution in [1.29, 1.82) is 0 Å². The number of hydrogen-bond acceptors (Lipinski definition) is 4. The zero-order valence-electron chi connectivity index (χ0n) is 12.4. The molecular formula is C13H25N3O3S. The van der Waals surface area contributed by atoms with Crippen molar-refractivity contribution in [1.82, 2.24) is 14.3 Å². The Morgan fingerprint density at radius 1 is 1.45 bits per heavy atom. The highest BCUT2D eigenvalue weighted by molar-refractivity contribution is 7.87. The van der Waals surface area contributed by atoms with Crippen LogP contribution >= 0.6 is 0 Å². The van der Waals surface area contributed by atoms with Crippen LogP contribution in [0, 0.1) is 0 Å². The molecular weight excluding hydrogens is 278 g/mol. The maximum atomic E-state index is 12.1. The Hall–Kier alpha value is -0.890. The lowest BCUT2D eigenvalue weighted by molar-refractivity contribution is 0.430. The third kappa shape index (κ3) is 6.04. The monoisotopic (exact) mass is 303 g/mol. The van der Waals surface area contributed by atoms with Crippen molar-refractivity contribution in [3.05, 3.63) is 24.2 Å². The molecule has 0 bridgehead atoms. The number of nitrogens with one attached hydrogen (secondary N) is 2. The molecule has 0 radical (unpaired) electrons. The molecule has 20 heavy (non-hydrogen) atoms. The molecule has 2 N–H and O–H groups in total. The van der Waals surface area contributed by atoms with Crippen molar-refractivity contribution in [3.8, 4) is 0 Å². The highest BCUT2D eigenvalue weighted by Crippen LogP contribution is 2.06. The molecule has 0 aliphatic rings. The van der Waals surface area contributed by atoms with E-state index >= 15 is 0 Å². The van der Waals surface area contributed by atoms with E-state index in [-0.39, 0.29) is 6.04 Å². The molecule has 0 aliphatic heterocycles. The van der Waals surface area contributed by atoms with Crippen LogP contribution in [0.3, 0.4) is 0 Å². The lowest BCUT2D eigenvalue weighted by Crippen LogP contribution is -2.44. The molecule has 1 aromatic rings. The fraction of sp³-hybridized carbons (Fsp3) is 0.692. The molecule has 0 aliphatic carbocycles. The number of nitrogens with zero attached hydrogens (tertiary/aromatic N) is 1.